The number of aliphatic hydroxyl groups is 12. The summed E-state index contributed by atoms with van der Waals surface area (Å²) in [5.41, 5.74) is -12.5. The maximum atomic E-state index is 13.7. The minimum atomic E-state index is -4.86. The number of aliphatic hydroxyl groups excluding tert-OH is 1. The molecule has 3 aromatic rings. The van der Waals surface area contributed by atoms with Crippen LogP contribution >= 0.6 is 0 Å². The molecule has 378 valence electrons. The predicted octanol–water partition coefficient (Wildman–Crippen LogP) is -7.18. The second-order valence-electron chi connectivity index (χ2n) is 15.2. The van der Waals surface area contributed by atoms with E-state index in [0.29, 0.717) is 0 Å². The third kappa shape index (κ3) is 9.11. The molecule has 0 bridgehead atoms. The summed E-state index contributed by atoms with van der Waals surface area (Å²) < 4.78 is 4.84. The average molecular weight is 984 g/mol. The molecule has 0 aliphatic carbocycles. The molecular weight excluding hydrogens is 938 g/mol. The van der Waals surface area contributed by atoms with Gasteiger partial charge in [0.05, 0.1) is 12.1 Å². The summed E-state index contributed by atoms with van der Waals surface area (Å²) in [4.78, 5) is 40.8. The Morgan fingerprint density at radius 3 is 1.41 bits per heavy atom. The van der Waals surface area contributed by atoms with Gasteiger partial charge >= 0.3 is 18.0 Å². The molecule has 1 heterocycles. The van der Waals surface area contributed by atoms with Gasteiger partial charge < -0.3 is 148 Å². The number of Topliss-reactive ketones (excluding diaryl/α,β-unsaturated/α-hetero) is 1. The van der Waals surface area contributed by atoms with E-state index in [1.807, 2.05) is 0 Å². The lowest BCUT2D eigenvalue weighted by atomic mass is 9.75. The molecule has 0 spiro atoms. The van der Waals surface area contributed by atoms with Gasteiger partial charge in [-0.2, -0.15) is 0 Å². The summed E-state index contributed by atoms with van der Waals surface area (Å²) in [6, 6.07) is -5.59. The van der Waals surface area contributed by atoms with E-state index in [9.17, 15) is 142 Å². The van der Waals surface area contributed by atoms with Gasteiger partial charge in [0.25, 0.3) is 0 Å². The molecule has 0 radical (unpaired) electrons. The summed E-state index contributed by atoms with van der Waals surface area (Å²) in [6.07, 6.45) is -7.57. The molecule has 1 fully saturated rings. The second-order valence-corrected chi connectivity index (χ2v) is 15.2. The van der Waals surface area contributed by atoms with Gasteiger partial charge in [-0.3, -0.25) is 9.59 Å². The van der Waals surface area contributed by atoms with Crippen LogP contribution in [0.2, 0.25) is 0 Å². The first kappa shape index (κ1) is 53.4. The quantitative estimate of drug-likeness (QED) is 0.0339. The van der Waals surface area contributed by atoms with E-state index in [-0.39, 0.29) is 19.5 Å². The van der Waals surface area contributed by atoms with E-state index >= 15 is 0 Å². The van der Waals surface area contributed by atoms with Crippen LogP contribution in [0, 0.1) is 0 Å². The Morgan fingerprint density at radius 2 is 1.00 bits per heavy atom. The first-order chi connectivity index (χ1) is 30.9. The van der Waals surface area contributed by atoms with Gasteiger partial charge in [-0.05, 0) is 13.3 Å². The van der Waals surface area contributed by atoms with Crippen LogP contribution in [0.3, 0.4) is 0 Å². The number of nitrogens with zero attached hydrogens (tertiary/aromatic N) is 1. The molecule has 0 aromatic heterocycles. The number of urea groups is 1. The number of phenolic OH excluding ortho intramolecular Hbond substituents is 13. The van der Waals surface area contributed by atoms with Crippen molar-refractivity contribution in [2.45, 2.75) is 73.5 Å². The summed E-state index contributed by atoms with van der Waals surface area (Å²) >= 11 is 0. The molecule has 32 nitrogen and oxygen atoms in total. The van der Waals surface area contributed by atoms with Gasteiger partial charge in [0.1, 0.15) is 40.7 Å². The summed E-state index contributed by atoms with van der Waals surface area (Å²) in [5.74, 6) is -48.5. The fourth-order valence-corrected chi connectivity index (χ4v) is 7.07. The SMILES string of the molecule is CC(C(=O)NC(CC(O)C(O)(CC(=O)COc1c(C(O)(O)O)c(O)c(O)c(O)c1C(O)(O)O)C(O)(O)c1c(O)c(O)c(O)c(O)c1O)C(O)(O)c1c(O)c(O)c(O)c(O)c1O)N1CCCNC1=O. The highest BCUT2D eigenvalue weighted by Crippen LogP contribution is 2.58. The molecule has 68 heavy (non-hydrogen) atoms. The highest BCUT2D eigenvalue weighted by molar-refractivity contribution is 5.87. The molecule has 3 amide bonds. The number of ketones is 1. The van der Waals surface area contributed by atoms with E-state index < -0.39 is 187 Å². The molecule has 32 heteroatoms. The van der Waals surface area contributed by atoms with Gasteiger partial charge in [0, 0.05) is 25.9 Å². The van der Waals surface area contributed by atoms with Crippen LogP contribution in [0.1, 0.15) is 48.4 Å². The molecule has 4 atom stereocenters. The largest absolute Gasteiger partial charge is 0.504 e. The van der Waals surface area contributed by atoms with Crippen molar-refractivity contribution in [3.63, 3.8) is 0 Å². The van der Waals surface area contributed by atoms with Crippen molar-refractivity contribution >= 4 is 17.7 Å². The van der Waals surface area contributed by atoms with Gasteiger partial charge in [-0.25, -0.2) is 4.79 Å². The summed E-state index contributed by atoms with van der Waals surface area (Å²) in [7, 11) is 0. The van der Waals surface area contributed by atoms with E-state index in [4.69, 9.17) is 4.74 Å². The lowest BCUT2D eigenvalue weighted by Gasteiger charge is -2.45. The zero-order chi connectivity index (χ0) is 52.3. The molecule has 27 N–H and O–H groups in total. The van der Waals surface area contributed by atoms with Crippen molar-refractivity contribution < 1.29 is 147 Å². The Hall–Kier alpha value is -7.21. The molecule has 3 aromatic carbocycles. The number of carbonyl (C=O) groups is 3. The van der Waals surface area contributed by atoms with Gasteiger partial charge in [0.2, 0.25) is 57.7 Å². The smallest absolute Gasteiger partial charge is 0.318 e. The fraction of sp³-hybridized carbons (Fsp3) is 0.417. The number of amides is 3. The molecule has 0 saturated carbocycles. The van der Waals surface area contributed by atoms with Crippen molar-refractivity contribution in [2.75, 3.05) is 19.7 Å². The molecule has 4 rings (SSSR count). The second kappa shape index (κ2) is 18.1. The minimum Gasteiger partial charge on any atom is -0.504 e. The van der Waals surface area contributed by atoms with Crippen molar-refractivity contribution in [1.82, 2.24) is 15.5 Å². The van der Waals surface area contributed by atoms with Crippen LogP contribution in [0.5, 0.6) is 80.5 Å². The monoisotopic (exact) mass is 983 g/mol. The number of phenols is 13. The Kier molecular flexibility index (Phi) is 14.2. The Bertz CT molecular complexity index is 2400. The van der Waals surface area contributed by atoms with Crippen LogP contribution < -0.4 is 15.4 Å². The number of hydrogen-bond donors (Lipinski definition) is 27. The van der Waals surface area contributed by atoms with E-state index in [2.05, 4.69) is 5.32 Å². The van der Waals surface area contributed by atoms with E-state index in [1.54, 1.807) is 5.32 Å². The van der Waals surface area contributed by atoms with E-state index in [1.165, 1.54) is 0 Å². The molecule has 4 unspecified atom stereocenters. The molecular formula is C36H45N3O29. The van der Waals surface area contributed by atoms with Crippen molar-refractivity contribution in [1.29, 1.82) is 0 Å². The van der Waals surface area contributed by atoms with Crippen molar-refractivity contribution in [3.8, 4) is 80.5 Å². The van der Waals surface area contributed by atoms with Crippen molar-refractivity contribution in [3.05, 3.63) is 22.3 Å². The number of aromatic hydroxyl groups is 13. The topological polar surface area (TPSA) is 593 Å². The van der Waals surface area contributed by atoms with Crippen LogP contribution in [0.15, 0.2) is 0 Å². The Morgan fingerprint density at radius 1 is 0.618 bits per heavy atom. The zero-order valence-electron chi connectivity index (χ0n) is 34.2. The fourth-order valence-electron chi connectivity index (χ4n) is 7.07. The van der Waals surface area contributed by atoms with Crippen LogP contribution in [0.4, 0.5) is 4.79 Å². The number of hydrogen-bond acceptors (Lipinski definition) is 29. The lowest BCUT2D eigenvalue weighted by molar-refractivity contribution is -0.329. The number of rotatable bonds is 17. The maximum absolute atomic E-state index is 13.7. The third-order valence-electron chi connectivity index (χ3n) is 10.7. The van der Waals surface area contributed by atoms with Crippen LogP contribution in [-0.2, 0) is 33.1 Å². The molecule has 1 aliphatic heterocycles. The summed E-state index contributed by atoms with van der Waals surface area (Å²) in [5, 5.41) is 267. The van der Waals surface area contributed by atoms with Gasteiger partial charge in [0.15, 0.2) is 45.9 Å². The normalized spacial score (nSPS) is 16.1. The summed E-state index contributed by atoms with van der Waals surface area (Å²) in [6.45, 7) is -1.04. The van der Waals surface area contributed by atoms with Crippen LogP contribution in [0.25, 0.3) is 0 Å². The lowest BCUT2D eigenvalue weighted by Crippen LogP contribution is -2.64. The van der Waals surface area contributed by atoms with Crippen molar-refractivity contribution in [2.24, 2.45) is 0 Å². The molecule has 1 aliphatic rings. The third-order valence-corrected chi connectivity index (χ3v) is 10.7. The van der Waals surface area contributed by atoms with E-state index in [0.717, 1.165) is 11.8 Å². The first-order valence-electron chi connectivity index (χ1n) is 18.7. The Labute approximate surface area is 375 Å². The number of benzene rings is 3. The minimum absolute atomic E-state index is 0.119. The van der Waals surface area contributed by atoms with Gasteiger partial charge in [-0.1, -0.05) is 0 Å². The van der Waals surface area contributed by atoms with Gasteiger partial charge in [-0.15, -0.1) is 0 Å². The highest BCUT2D eigenvalue weighted by atomic mass is 16.7. The number of carbonyl (C=O) groups excluding carboxylic acids is 3. The standard InChI is InChI=1S/C36H45N3O29/c1-8(39-4-2-3-37-31(39)56)30(55)38-10(33(58,59)12-16(42)23(49)27(53)24(50)17(12)43)5-11(41)32(57,34(60,61)13-18(44)25(51)28(54)26(52)19(13)45)6-9(40)7-68-29-14(35(62,63)64)20(46)22(48)21(47)15(29)36(65,66)67/h8,10-11,41-54,57-67H,2-7H2,1H3,(H,37,56)(H,38,55). The Balaban J connectivity index is 1.97. The number of nitrogens with one attached hydrogen (secondary N) is 2. The maximum Gasteiger partial charge on any atom is 0.318 e. The average Bonchev–Trinajstić information content (AvgIpc) is 3.23. The zero-order valence-corrected chi connectivity index (χ0v) is 34.2. The number of ether oxygens (including phenoxy) is 1. The predicted molar refractivity (Wildman–Crippen MR) is 207 cm³/mol. The van der Waals surface area contributed by atoms with Crippen LogP contribution in [-0.4, -0.2) is 194 Å². The molecule has 1 saturated heterocycles. The highest BCUT2D eigenvalue weighted by Gasteiger charge is 2.60. The first-order valence-corrected chi connectivity index (χ1v) is 18.7.